The lowest BCUT2D eigenvalue weighted by Gasteiger charge is -2.39. The van der Waals surface area contributed by atoms with E-state index in [0.717, 1.165) is 25.8 Å². The number of fused-ring (bicyclic) bond motifs is 1. The molecule has 4 fully saturated rings. The predicted octanol–water partition coefficient (Wildman–Crippen LogP) is 0.636. The number of alkyl halides is 1. The highest BCUT2D eigenvalue weighted by atomic mass is 79.9. The van der Waals surface area contributed by atoms with E-state index in [2.05, 4.69) is 15.9 Å². The molecule has 0 aromatic heterocycles. The van der Waals surface area contributed by atoms with Gasteiger partial charge in [-0.2, -0.15) is 0 Å². The van der Waals surface area contributed by atoms with Crippen molar-refractivity contribution >= 4 is 27.7 Å². The molecule has 2 saturated heterocycles. The second-order valence-corrected chi connectivity index (χ2v) is 7.47. The molecule has 0 aromatic rings. The number of amides is 2. The Labute approximate surface area is 103 Å². The van der Waals surface area contributed by atoms with Crippen molar-refractivity contribution in [3.05, 3.63) is 0 Å². The van der Waals surface area contributed by atoms with Gasteiger partial charge in [0.25, 0.3) is 0 Å². The molecule has 2 aliphatic carbocycles. The van der Waals surface area contributed by atoms with Gasteiger partial charge in [-0.25, -0.2) is 0 Å². The lowest BCUT2D eigenvalue weighted by molar-refractivity contribution is -0.145. The van der Waals surface area contributed by atoms with Crippen molar-refractivity contribution in [2.45, 2.75) is 36.0 Å². The van der Waals surface area contributed by atoms with Gasteiger partial charge in [0.2, 0.25) is 11.8 Å². The number of nitrogens with zero attached hydrogens (tertiary/aromatic N) is 1. The first kappa shape index (κ1) is 10.6. The van der Waals surface area contributed by atoms with Gasteiger partial charge in [0.05, 0.1) is 5.92 Å². The summed E-state index contributed by atoms with van der Waals surface area (Å²) in [7, 11) is 0. The third kappa shape index (κ3) is 1.15. The Morgan fingerprint density at radius 2 is 1.94 bits per heavy atom. The first-order chi connectivity index (χ1) is 7.37. The lowest BCUT2D eigenvalue weighted by Crippen LogP contribution is -2.58. The van der Waals surface area contributed by atoms with Gasteiger partial charge < -0.3 is 10.6 Å². The van der Waals surface area contributed by atoms with Gasteiger partial charge in [0.15, 0.2) is 0 Å². The molecule has 2 saturated carbocycles. The summed E-state index contributed by atoms with van der Waals surface area (Å²) < 4.78 is -0.0596. The fourth-order valence-electron chi connectivity index (χ4n) is 3.19. The van der Waals surface area contributed by atoms with E-state index in [1.807, 2.05) is 6.92 Å². The lowest BCUT2D eigenvalue weighted by atomic mass is 9.73. The van der Waals surface area contributed by atoms with E-state index in [4.69, 9.17) is 5.73 Å². The van der Waals surface area contributed by atoms with Crippen molar-refractivity contribution in [2.75, 3.05) is 6.54 Å². The highest BCUT2D eigenvalue weighted by Crippen LogP contribution is 2.56. The van der Waals surface area contributed by atoms with E-state index in [-0.39, 0.29) is 22.1 Å². The van der Waals surface area contributed by atoms with Crippen LogP contribution in [0.3, 0.4) is 0 Å². The molecule has 2 atom stereocenters. The minimum Gasteiger partial charge on any atom is -0.368 e. The SMILES string of the molecule is CC1(Br)CC1C(=O)N1CC2CC1(C(N)=O)C2. The molecule has 2 amide bonds. The highest BCUT2D eigenvalue weighted by Gasteiger charge is 2.65. The maximum absolute atomic E-state index is 12.3. The van der Waals surface area contributed by atoms with E-state index >= 15 is 0 Å². The van der Waals surface area contributed by atoms with Gasteiger partial charge in [-0.05, 0) is 32.1 Å². The van der Waals surface area contributed by atoms with Crippen LogP contribution >= 0.6 is 15.9 Å². The third-order valence-electron chi connectivity index (χ3n) is 4.40. The average molecular weight is 287 g/mol. The van der Waals surface area contributed by atoms with Crippen LogP contribution in [0.15, 0.2) is 0 Å². The van der Waals surface area contributed by atoms with E-state index < -0.39 is 5.54 Å². The van der Waals surface area contributed by atoms with E-state index in [0.29, 0.717) is 5.92 Å². The topological polar surface area (TPSA) is 63.4 Å². The minimum absolute atomic E-state index is 0.0306. The third-order valence-corrected chi connectivity index (χ3v) is 5.28. The van der Waals surface area contributed by atoms with Crippen LogP contribution in [0, 0.1) is 11.8 Å². The molecule has 5 heteroatoms. The monoisotopic (exact) mass is 286 g/mol. The molecule has 2 aliphatic heterocycles. The predicted molar refractivity (Wildman–Crippen MR) is 61.8 cm³/mol. The molecule has 2 bridgehead atoms. The largest absolute Gasteiger partial charge is 0.368 e. The summed E-state index contributed by atoms with van der Waals surface area (Å²) >= 11 is 3.52. The molecular formula is C11H15BrN2O2. The van der Waals surface area contributed by atoms with Crippen molar-refractivity contribution in [3.63, 3.8) is 0 Å². The van der Waals surface area contributed by atoms with Crippen LogP contribution in [0.2, 0.25) is 0 Å². The first-order valence-corrected chi connectivity index (χ1v) is 6.46. The van der Waals surface area contributed by atoms with Crippen molar-refractivity contribution in [3.8, 4) is 0 Å². The minimum atomic E-state index is -0.632. The molecule has 0 aromatic carbocycles. The van der Waals surface area contributed by atoms with Crippen LogP contribution in [0.25, 0.3) is 0 Å². The summed E-state index contributed by atoms with van der Waals surface area (Å²) in [5, 5.41) is 0. The number of carbonyl (C=O) groups is 2. The van der Waals surface area contributed by atoms with Crippen molar-refractivity contribution in [2.24, 2.45) is 17.6 Å². The molecule has 2 N–H and O–H groups in total. The van der Waals surface area contributed by atoms with E-state index in [9.17, 15) is 9.59 Å². The van der Waals surface area contributed by atoms with Crippen LogP contribution < -0.4 is 5.73 Å². The summed E-state index contributed by atoms with van der Waals surface area (Å²) in [6, 6.07) is 0. The number of nitrogens with two attached hydrogens (primary N) is 1. The van der Waals surface area contributed by atoms with Crippen molar-refractivity contribution in [1.29, 1.82) is 0 Å². The fraction of sp³-hybridized carbons (Fsp3) is 0.818. The number of hydrogen-bond acceptors (Lipinski definition) is 2. The van der Waals surface area contributed by atoms with E-state index in [1.165, 1.54) is 0 Å². The number of hydrogen-bond donors (Lipinski definition) is 1. The number of carbonyl (C=O) groups excluding carboxylic acids is 2. The van der Waals surface area contributed by atoms with Crippen LogP contribution in [-0.2, 0) is 9.59 Å². The molecule has 16 heavy (non-hydrogen) atoms. The van der Waals surface area contributed by atoms with Gasteiger partial charge in [0.1, 0.15) is 5.54 Å². The van der Waals surface area contributed by atoms with Crippen LogP contribution in [0.4, 0.5) is 0 Å². The maximum Gasteiger partial charge on any atom is 0.243 e. The standard InChI is InChI=1S/C11H15BrN2O2/c1-10(12)4-7(10)8(15)14-5-6-2-11(14,3-6)9(13)16/h6-7H,2-5H2,1H3,(H2,13,16). The second-order valence-electron chi connectivity index (χ2n) is 5.65. The van der Waals surface area contributed by atoms with Crippen LogP contribution in [-0.4, -0.2) is 33.1 Å². The van der Waals surface area contributed by atoms with Crippen LogP contribution in [0.1, 0.15) is 26.2 Å². The summed E-state index contributed by atoms with van der Waals surface area (Å²) in [6.07, 6.45) is 2.42. The Morgan fingerprint density at radius 3 is 2.38 bits per heavy atom. The van der Waals surface area contributed by atoms with Gasteiger partial charge >= 0.3 is 0 Å². The normalized spacial score (nSPS) is 48.8. The molecule has 4 nitrogen and oxygen atoms in total. The smallest absolute Gasteiger partial charge is 0.243 e. The Bertz CT molecular complexity index is 387. The highest BCUT2D eigenvalue weighted by molar-refractivity contribution is 9.10. The molecule has 0 radical (unpaired) electrons. The number of halogens is 1. The Morgan fingerprint density at radius 1 is 1.38 bits per heavy atom. The Hall–Kier alpha value is -0.580. The Kier molecular flexibility index (Phi) is 1.85. The van der Waals surface area contributed by atoms with Crippen molar-refractivity contribution in [1.82, 2.24) is 4.90 Å². The molecular weight excluding hydrogens is 272 g/mol. The molecule has 2 unspecified atom stereocenters. The summed E-state index contributed by atoms with van der Waals surface area (Å²) in [6.45, 7) is 2.74. The van der Waals surface area contributed by atoms with Gasteiger partial charge in [0, 0.05) is 10.9 Å². The molecule has 4 rings (SSSR count). The summed E-state index contributed by atoms with van der Waals surface area (Å²) in [4.78, 5) is 25.5. The fourth-order valence-corrected chi connectivity index (χ4v) is 3.71. The number of rotatable bonds is 2. The zero-order valence-electron chi connectivity index (χ0n) is 9.20. The zero-order chi connectivity index (χ0) is 11.7. The molecule has 88 valence electrons. The second kappa shape index (κ2) is 2.81. The maximum atomic E-state index is 12.3. The quantitative estimate of drug-likeness (QED) is 0.757. The summed E-state index contributed by atoms with van der Waals surface area (Å²) in [5.41, 5.74) is 4.81. The van der Waals surface area contributed by atoms with Gasteiger partial charge in [-0.1, -0.05) is 15.9 Å². The first-order valence-electron chi connectivity index (χ1n) is 5.67. The average Bonchev–Trinajstić information content (AvgIpc) is 2.59. The Balaban J connectivity index is 1.81. The van der Waals surface area contributed by atoms with Crippen molar-refractivity contribution < 1.29 is 9.59 Å². The van der Waals surface area contributed by atoms with Crippen LogP contribution in [0.5, 0.6) is 0 Å². The van der Waals surface area contributed by atoms with Gasteiger partial charge in [-0.3, -0.25) is 9.59 Å². The summed E-state index contributed by atoms with van der Waals surface area (Å²) in [5.74, 6) is 0.310. The van der Waals surface area contributed by atoms with E-state index in [1.54, 1.807) is 4.90 Å². The molecule has 2 heterocycles. The molecule has 4 aliphatic rings. The number of primary amides is 1. The van der Waals surface area contributed by atoms with Gasteiger partial charge in [-0.15, -0.1) is 0 Å². The molecule has 0 spiro atoms. The zero-order valence-corrected chi connectivity index (χ0v) is 10.8.